The number of aliphatic hydroxyl groups excluding tert-OH is 2. The molecule has 8 heavy (non-hydrogen) atoms. The molecule has 1 atom stereocenters. The number of hydrogen-bond acceptors (Lipinski definition) is 4. The van der Waals surface area contributed by atoms with Crippen molar-refractivity contribution in [3.05, 3.63) is 0 Å². The van der Waals surface area contributed by atoms with Gasteiger partial charge in [0, 0.05) is 0 Å². The van der Waals surface area contributed by atoms with E-state index in [1.54, 1.807) is 0 Å². The first kappa shape index (κ1) is 12.1. The van der Waals surface area contributed by atoms with Gasteiger partial charge in [-0.15, -0.1) is 0 Å². The molecule has 1 unspecified atom stereocenters. The van der Waals surface area contributed by atoms with Crippen molar-refractivity contribution in [3.63, 3.8) is 0 Å². The maximum atomic E-state index is 9.41. The third-order valence-electron chi connectivity index (χ3n) is 0.445. The van der Waals surface area contributed by atoms with E-state index in [1.807, 2.05) is 0 Å². The first-order valence-electron chi connectivity index (χ1n) is 1.68. The van der Waals surface area contributed by atoms with E-state index >= 15 is 0 Å². The molecule has 0 spiro atoms. The Morgan fingerprint density at radius 3 is 2.12 bits per heavy atom. The van der Waals surface area contributed by atoms with Crippen LogP contribution >= 0.6 is 0 Å². The predicted molar refractivity (Wildman–Crippen MR) is 18.1 cm³/mol. The van der Waals surface area contributed by atoms with Crippen molar-refractivity contribution in [1.29, 1.82) is 0 Å². The summed E-state index contributed by atoms with van der Waals surface area (Å²) in [7, 11) is 0. The van der Waals surface area contributed by atoms with Gasteiger partial charge in [-0.1, -0.05) is 0 Å². The van der Waals surface area contributed by atoms with Crippen molar-refractivity contribution in [2.24, 2.45) is 0 Å². The van der Waals surface area contributed by atoms with Gasteiger partial charge < -0.3 is 20.1 Å². The molecule has 0 fully saturated rings. The molecule has 0 aromatic carbocycles. The first-order chi connectivity index (χ1) is 3.18. The number of carboxylic acids is 1. The van der Waals surface area contributed by atoms with Crippen LogP contribution in [0, 0.1) is 0 Å². The molecule has 0 bridgehead atoms. The van der Waals surface area contributed by atoms with Gasteiger partial charge in [0.15, 0.2) is 0 Å². The fraction of sp³-hybridized carbons (Fsp3) is 0.667. The molecule has 4 nitrogen and oxygen atoms in total. The van der Waals surface area contributed by atoms with E-state index in [0.717, 1.165) is 0 Å². The zero-order valence-electron chi connectivity index (χ0n) is 4.50. The van der Waals surface area contributed by atoms with E-state index in [4.69, 9.17) is 10.2 Å². The summed E-state index contributed by atoms with van der Waals surface area (Å²) in [5, 5.41) is 25.3. The summed E-state index contributed by atoms with van der Waals surface area (Å²) in [6, 6.07) is 0. The van der Waals surface area contributed by atoms with Crippen LogP contribution in [0.5, 0.6) is 0 Å². The number of carboxylic acid groups (broad SMARTS) is 1. The fourth-order valence-corrected chi connectivity index (χ4v) is 0.0745. The molecule has 0 saturated carbocycles. The molecule has 0 aliphatic rings. The van der Waals surface area contributed by atoms with Crippen LogP contribution in [-0.4, -0.2) is 28.9 Å². The van der Waals surface area contributed by atoms with Crippen molar-refractivity contribution in [1.82, 2.24) is 0 Å². The molecule has 0 rings (SSSR count). The number of rotatable bonds is 2. The van der Waals surface area contributed by atoms with Crippen LogP contribution in [0.3, 0.4) is 0 Å². The summed E-state index contributed by atoms with van der Waals surface area (Å²) in [5.41, 5.74) is 0. The topological polar surface area (TPSA) is 80.6 Å². The molecule has 0 aliphatic carbocycles. The SMILES string of the molecule is O=C([O-])C(O)CO.[Cs+]. The van der Waals surface area contributed by atoms with Gasteiger partial charge in [0.05, 0.1) is 12.6 Å². The summed E-state index contributed by atoms with van der Waals surface area (Å²) < 4.78 is 0. The minimum Gasteiger partial charge on any atom is -0.547 e. The van der Waals surface area contributed by atoms with Crippen molar-refractivity contribution < 1.29 is 89.0 Å². The van der Waals surface area contributed by atoms with E-state index in [2.05, 4.69) is 0 Å². The summed E-state index contributed by atoms with van der Waals surface area (Å²) in [6.07, 6.45) is -1.74. The smallest absolute Gasteiger partial charge is 0.547 e. The number of carbonyl (C=O) groups excluding carboxylic acids is 1. The maximum absolute atomic E-state index is 9.41. The Morgan fingerprint density at radius 2 is 2.12 bits per heavy atom. The predicted octanol–water partition coefficient (Wildman–Crippen LogP) is -5.91. The van der Waals surface area contributed by atoms with Crippen LogP contribution in [0.2, 0.25) is 0 Å². The zero-order valence-corrected chi connectivity index (χ0v) is 10.8. The molecule has 0 heterocycles. The molecule has 0 aromatic heterocycles. The molecule has 5 heteroatoms. The van der Waals surface area contributed by atoms with Crippen molar-refractivity contribution in [2.75, 3.05) is 6.61 Å². The van der Waals surface area contributed by atoms with Gasteiger partial charge in [-0.25, -0.2) is 0 Å². The van der Waals surface area contributed by atoms with Gasteiger partial charge in [-0.05, 0) is 0 Å². The molecular weight excluding hydrogens is 233 g/mol. The Morgan fingerprint density at radius 1 is 1.75 bits per heavy atom. The molecule has 42 valence electrons. The summed E-state index contributed by atoms with van der Waals surface area (Å²) in [5.74, 6) is -1.65. The number of hydrogen-bond donors (Lipinski definition) is 2. The van der Waals surface area contributed by atoms with Crippen LogP contribution in [0.25, 0.3) is 0 Å². The Labute approximate surface area is 105 Å². The van der Waals surface area contributed by atoms with Crippen molar-refractivity contribution in [2.45, 2.75) is 6.10 Å². The Kier molecular flexibility index (Phi) is 9.96. The van der Waals surface area contributed by atoms with Crippen LogP contribution < -0.4 is 74.0 Å². The van der Waals surface area contributed by atoms with E-state index < -0.39 is 18.7 Å². The van der Waals surface area contributed by atoms with E-state index in [1.165, 1.54) is 0 Å². The maximum Gasteiger partial charge on any atom is 1.00 e. The summed E-state index contributed by atoms with van der Waals surface area (Å²) >= 11 is 0. The zero-order chi connectivity index (χ0) is 5.86. The largest absolute Gasteiger partial charge is 1.00 e. The molecule has 0 aliphatic heterocycles. The van der Waals surface area contributed by atoms with Gasteiger partial charge in [-0.2, -0.15) is 0 Å². The van der Waals surface area contributed by atoms with Crippen LogP contribution in [-0.2, 0) is 4.79 Å². The van der Waals surface area contributed by atoms with Gasteiger partial charge in [-0.3, -0.25) is 0 Å². The van der Waals surface area contributed by atoms with E-state index in [9.17, 15) is 9.90 Å². The molecule has 0 aromatic rings. The van der Waals surface area contributed by atoms with Crippen LogP contribution in [0.4, 0.5) is 0 Å². The average Bonchev–Trinajstić information content (AvgIpc) is 1.65. The normalized spacial score (nSPS) is 11.8. The number of aliphatic carboxylic acids is 1. The van der Waals surface area contributed by atoms with Gasteiger partial charge >= 0.3 is 68.9 Å². The van der Waals surface area contributed by atoms with Gasteiger partial charge in [0.25, 0.3) is 0 Å². The first-order valence-corrected chi connectivity index (χ1v) is 1.68. The number of aliphatic hydroxyl groups is 2. The second-order valence-electron chi connectivity index (χ2n) is 1.02. The standard InChI is InChI=1S/C3H6O4.Cs/c4-1-2(5)3(6)7;/h2,4-5H,1H2,(H,6,7);/q;+1/p-1. The van der Waals surface area contributed by atoms with Crippen molar-refractivity contribution >= 4 is 5.97 Å². The van der Waals surface area contributed by atoms with E-state index in [-0.39, 0.29) is 68.9 Å². The molecule has 0 radical (unpaired) electrons. The summed E-state index contributed by atoms with van der Waals surface area (Å²) in [6.45, 7) is -0.789. The van der Waals surface area contributed by atoms with E-state index in [0.29, 0.717) is 0 Å². The molecule has 0 saturated heterocycles. The van der Waals surface area contributed by atoms with Crippen LogP contribution in [0.15, 0.2) is 0 Å². The fourth-order valence-electron chi connectivity index (χ4n) is 0.0745. The Balaban J connectivity index is 0. The number of carbonyl (C=O) groups is 1. The third-order valence-corrected chi connectivity index (χ3v) is 0.445. The quantitative estimate of drug-likeness (QED) is 0.502. The summed E-state index contributed by atoms with van der Waals surface area (Å²) in [4.78, 5) is 9.41. The Hall–Kier alpha value is 1.44. The van der Waals surface area contributed by atoms with Gasteiger partial charge in [0.1, 0.15) is 6.10 Å². The second kappa shape index (κ2) is 6.56. The minimum absolute atomic E-state index is 0. The van der Waals surface area contributed by atoms with Crippen LogP contribution in [0.1, 0.15) is 0 Å². The van der Waals surface area contributed by atoms with Gasteiger partial charge in [0.2, 0.25) is 0 Å². The molecule has 0 amide bonds. The Bertz CT molecular complexity index is 73.7. The monoisotopic (exact) mass is 238 g/mol. The second-order valence-corrected chi connectivity index (χ2v) is 1.02. The third kappa shape index (κ3) is 5.58. The minimum atomic E-state index is -1.74. The molecule has 2 N–H and O–H groups in total. The molecular formula is C3H5CsO4. The average molecular weight is 238 g/mol. The van der Waals surface area contributed by atoms with Crippen molar-refractivity contribution in [3.8, 4) is 0 Å².